The van der Waals surface area contributed by atoms with Crippen LogP contribution in [-0.2, 0) is 11.0 Å². The number of pyridine rings is 1. The van der Waals surface area contributed by atoms with Gasteiger partial charge in [0, 0.05) is 35.9 Å². The second kappa shape index (κ2) is 8.67. The van der Waals surface area contributed by atoms with E-state index in [1.807, 2.05) is 28.8 Å². The number of nitrogens with one attached hydrogen (secondary N) is 1. The van der Waals surface area contributed by atoms with Crippen molar-refractivity contribution < 1.29 is 18.0 Å². The second-order valence-electron chi connectivity index (χ2n) is 7.52. The van der Waals surface area contributed by atoms with Crippen LogP contribution in [0.2, 0.25) is 5.02 Å². The molecule has 2 aromatic rings. The number of hydrogen-bond donors (Lipinski definition) is 1. The van der Waals surface area contributed by atoms with E-state index < -0.39 is 11.7 Å². The molecule has 1 amide bonds. The Morgan fingerprint density at radius 3 is 2.63 bits per heavy atom. The molecule has 0 bridgehead atoms. The topological polar surface area (TPSA) is 45.2 Å². The zero-order valence-corrected chi connectivity index (χ0v) is 17.7. The number of fused-ring (bicyclic) bond motifs is 1. The molecule has 0 radical (unpaired) electrons. The molecule has 30 heavy (non-hydrogen) atoms. The first kappa shape index (κ1) is 21.3. The van der Waals surface area contributed by atoms with Crippen molar-refractivity contribution in [2.24, 2.45) is 5.92 Å². The van der Waals surface area contributed by atoms with Crippen LogP contribution in [0, 0.1) is 5.92 Å². The summed E-state index contributed by atoms with van der Waals surface area (Å²) in [4.78, 5) is 19.8. The smallest absolute Gasteiger partial charge is 0.355 e. The van der Waals surface area contributed by atoms with Crippen molar-refractivity contribution in [3.63, 3.8) is 0 Å². The fraction of sp³-hybridized carbons (Fsp3) is 0.429. The van der Waals surface area contributed by atoms with Crippen molar-refractivity contribution >= 4 is 35.1 Å². The predicted octanol–water partition coefficient (Wildman–Crippen LogP) is 5.32. The minimum absolute atomic E-state index is 0.0240. The van der Waals surface area contributed by atoms with Crippen LogP contribution in [0.25, 0.3) is 0 Å². The molecule has 1 N–H and O–H groups in total. The summed E-state index contributed by atoms with van der Waals surface area (Å²) < 4.78 is 38.4. The van der Waals surface area contributed by atoms with Gasteiger partial charge in [-0.25, -0.2) is 4.98 Å². The van der Waals surface area contributed by atoms with Crippen LogP contribution >= 0.6 is 23.4 Å². The highest BCUT2D eigenvalue weighted by atomic mass is 35.5. The molecule has 4 rings (SSSR count). The van der Waals surface area contributed by atoms with Crippen molar-refractivity contribution in [3.05, 3.63) is 52.7 Å². The monoisotopic (exact) mass is 455 g/mol. The first-order chi connectivity index (χ1) is 14.3. The molecule has 1 saturated heterocycles. The normalized spacial score (nSPS) is 20.0. The Balaban J connectivity index is 1.37. The molecule has 1 aromatic heterocycles. The Morgan fingerprint density at radius 1 is 1.20 bits per heavy atom. The maximum atomic E-state index is 12.8. The van der Waals surface area contributed by atoms with Gasteiger partial charge < -0.3 is 10.2 Å². The van der Waals surface area contributed by atoms with Gasteiger partial charge in [0.25, 0.3) is 0 Å². The van der Waals surface area contributed by atoms with E-state index in [1.165, 1.54) is 10.5 Å². The van der Waals surface area contributed by atoms with Crippen LogP contribution in [-0.4, -0.2) is 29.7 Å². The average Bonchev–Trinajstić information content (AvgIpc) is 2.73. The Labute approximate surface area is 182 Å². The van der Waals surface area contributed by atoms with Crippen LogP contribution in [0.3, 0.4) is 0 Å². The zero-order valence-electron chi connectivity index (χ0n) is 16.1. The first-order valence-corrected chi connectivity index (χ1v) is 11.2. The van der Waals surface area contributed by atoms with E-state index in [-0.39, 0.29) is 22.9 Å². The van der Waals surface area contributed by atoms with Gasteiger partial charge in [-0.05, 0) is 37.0 Å². The Bertz CT molecular complexity index is 932. The number of carbonyl (C=O) groups excluding carboxylic acids is 1. The number of piperidine rings is 1. The number of carbonyl (C=O) groups is 1. The first-order valence-electron chi connectivity index (χ1n) is 9.82. The van der Waals surface area contributed by atoms with Gasteiger partial charge >= 0.3 is 6.18 Å². The van der Waals surface area contributed by atoms with Gasteiger partial charge in [-0.15, -0.1) is 11.8 Å². The maximum Gasteiger partial charge on any atom is 0.417 e. The number of anilines is 1. The summed E-state index contributed by atoms with van der Waals surface area (Å²) in [5.74, 6) is 1.21. The number of rotatable bonds is 3. The number of alkyl halides is 3. The minimum Gasteiger partial charge on any atom is -0.355 e. The highest BCUT2D eigenvalue weighted by molar-refractivity contribution is 7.99. The summed E-state index contributed by atoms with van der Waals surface area (Å²) in [7, 11) is 0. The number of thioether (sulfide) groups is 1. The molecule has 3 heterocycles. The van der Waals surface area contributed by atoms with Gasteiger partial charge in [0.1, 0.15) is 5.82 Å². The van der Waals surface area contributed by atoms with E-state index in [2.05, 4.69) is 22.4 Å². The minimum atomic E-state index is -4.48. The molecule has 1 atom stereocenters. The molecule has 0 saturated carbocycles. The van der Waals surface area contributed by atoms with Crippen LogP contribution in [0.15, 0.2) is 41.4 Å². The van der Waals surface area contributed by atoms with Crippen LogP contribution in [0.1, 0.15) is 36.4 Å². The summed E-state index contributed by atoms with van der Waals surface area (Å²) in [6.07, 6.45) is -1.56. The van der Waals surface area contributed by atoms with Crippen molar-refractivity contribution in [3.8, 4) is 0 Å². The molecule has 2 aliphatic rings. The summed E-state index contributed by atoms with van der Waals surface area (Å²) in [5, 5.41) is 3.17. The molecule has 2 aliphatic heterocycles. The van der Waals surface area contributed by atoms with E-state index in [4.69, 9.17) is 11.6 Å². The third-order valence-corrected chi connectivity index (χ3v) is 6.99. The lowest BCUT2D eigenvalue weighted by Crippen LogP contribution is -2.42. The number of benzene rings is 1. The molecule has 9 heteroatoms. The Hall–Kier alpha value is -1.93. The van der Waals surface area contributed by atoms with Gasteiger partial charge in [0.05, 0.1) is 16.6 Å². The predicted molar refractivity (Wildman–Crippen MR) is 112 cm³/mol. The van der Waals surface area contributed by atoms with E-state index in [0.29, 0.717) is 31.7 Å². The fourth-order valence-corrected chi connectivity index (χ4v) is 5.36. The van der Waals surface area contributed by atoms with Crippen LogP contribution in [0.4, 0.5) is 19.0 Å². The molecule has 4 nitrogen and oxygen atoms in total. The van der Waals surface area contributed by atoms with Crippen LogP contribution < -0.4 is 10.2 Å². The van der Waals surface area contributed by atoms with Crippen molar-refractivity contribution in [1.29, 1.82) is 0 Å². The summed E-state index contributed by atoms with van der Waals surface area (Å²) in [6.45, 7) is 1.04. The molecule has 160 valence electrons. The van der Waals surface area contributed by atoms with Gasteiger partial charge in [-0.1, -0.05) is 29.8 Å². The van der Waals surface area contributed by atoms with Crippen molar-refractivity contribution in [2.45, 2.75) is 36.4 Å². The third kappa shape index (κ3) is 4.54. The van der Waals surface area contributed by atoms with Gasteiger partial charge in [0.2, 0.25) is 5.91 Å². The summed E-state index contributed by atoms with van der Waals surface area (Å²) in [6, 6.07) is 9.07. The summed E-state index contributed by atoms with van der Waals surface area (Å²) >= 11 is 7.87. The highest BCUT2D eigenvalue weighted by Gasteiger charge is 2.33. The standard InChI is InChI=1S/C21H21ClF3N3OS/c22-16-11-14(21(23,24)25)12-26-19(16)28-8-5-13(6-9-28)20(29)27-17-7-10-30-18-4-2-1-3-15(17)18/h1-4,11-13,17H,5-10H2,(H,27,29). The van der Waals surface area contributed by atoms with E-state index >= 15 is 0 Å². The Kier molecular flexibility index (Phi) is 6.16. The lowest BCUT2D eigenvalue weighted by Gasteiger charge is -2.34. The molecule has 1 unspecified atom stereocenters. The lowest BCUT2D eigenvalue weighted by molar-refractivity contribution is -0.137. The average molecular weight is 456 g/mol. The van der Waals surface area contributed by atoms with E-state index in [0.717, 1.165) is 24.4 Å². The van der Waals surface area contributed by atoms with Gasteiger partial charge in [-0.3, -0.25) is 4.79 Å². The number of hydrogen-bond acceptors (Lipinski definition) is 4. The summed E-state index contributed by atoms with van der Waals surface area (Å²) in [5.41, 5.74) is 0.303. The third-order valence-electron chi connectivity index (χ3n) is 5.59. The van der Waals surface area contributed by atoms with E-state index in [1.54, 1.807) is 0 Å². The largest absolute Gasteiger partial charge is 0.417 e. The van der Waals surface area contributed by atoms with Crippen molar-refractivity contribution in [2.75, 3.05) is 23.7 Å². The Morgan fingerprint density at radius 2 is 1.93 bits per heavy atom. The SMILES string of the molecule is O=C(NC1CCSc2ccccc21)C1CCN(c2ncc(C(F)(F)F)cc2Cl)CC1. The number of amides is 1. The molecular formula is C21H21ClF3N3OS. The molecule has 0 aliphatic carbocycles. The second-order valence-corrected chi connectivity index (χ2v) is 9.07. The number of halogens is 4. The molecular weight excluding hydrogens is 435 g/mol. The lowest BCUT2D eigenvalue weighted by atomic mass is 9.94. The van der Waals surface area contributed by atoms with Crippen LogP contribution in [0.5, 0.6) is 0 Å². The van der Waals surface area contributed by atoms with Gasteiger partial charge in [0.15, 0.2) is 0 Å². The number of aromatic nitrogens is 1. The fourth-order valence-electron chi connectivity index (χ4n) is 3.95. The zero-order chi connectivity index (χ0) is 21.3. The molecule has 1 fully saturated rings. The quantitative estimate of drug-likeness (QED) is 0.680. The molecule has 0 spiro atoms. The van der Waals surface area contributed by atoms with Gasteiger partial charge in [-0.2, -0.15) is 13.2 Å². The maximum absolute atomic E-state index is 12.8. The number of nitrogens with zero attached hydrogens (tertiary/aromatic N) is 2. The van der Waals surface area contributed by atoms with Crippen molar-refractivity contribution in [1.82, 2.24) is 10.3 Å². The molecule has 1 aromatic carbocycles. The van der Waals surface area contributed by atoms with E-state index in [9.17, 15) is 18.0 Å². The highest BCUT2D eigenvalue weighted by Crippen LogP contribution is 2.37.